The Labute approximate surface area is 186 Å². The number of carbonyl (C=O) groups excluding carboxylic acids is 1. The van der Waals surface area contributed by atoms with Gasteiger partial charge in [0.2, 0.25) is 10.0 Å². The van der Waals surface area contributed by atoms with Gasteiger partial charge in [-0.25, -0.2) is 21.8 Å². The predicted octanol–water partition coefficient (Wildman–Crippen LogP) is 3.53. The zero-order chi connectivity index (χ0) is 23.6. The van der Waals surface area contributed by atoms with E-state index < -0.39 is 15.9 Å². The van der Waals surface area contributed by atoms with Crippen molar-refractivity contribution in [2.45, 2.75) is 25.7 Å². The lowest BCUT2D eigenvalue weighted by Crippen LogP contribution is -2.23. The topological polar surface area (TPSA) is 93.5 Å². The number of ether oxygens (including phenoxy) is 1. The van der Waals surface area contributed by atoms with Crippen molar-refractivity contribution in [2.75, 3.05) is 26.0 Å². The molecule has 10 heteroatoms. The third-order valence-electron chi connectivity index (χ3n) is 4.85. The molecule has 1 N–H and O–H groups in total. The number of amides is 1. The number of halogens is 1. The molecule has 0 spiro atoms. The first kappa shape index (κ1) is 23.4. The molecule has 0 bridgehead atoms. The average Bonchev–Trinajstić information content (AvgIpc) is 3.03. The number of aryl methyl sites for hydroxylation is 1. The minimum atomic E-state index is -3.79. The van der Waals surface area contributed by atoms with Gasteiger partial charge in [-0.3, -0.25) is 4.79 Å². The molecule has 2 aromatic carbocycles. The zero-order valence-electron chi connectivity index (χ0n) is 18.5. The van der Waals surface area contributed by atoms with Crippen molar-refractivity contribution in [2.24, 2.45) is 0 Å². The quantitative estimate of drug-likeness (QED) is 0.582. The van der Waals surface area contributed by atoms with Crippen LogP contribution in [0.1, 0.15) is 28.7 Å². The van der Waals surface area contributed by atoms with E-state index in [-0.39, 0.29) is 16.5 Å². The summed E-state index contributed by atoms with van der Waals surface area (Å²) in [4.78, 5) is 13.0. The van der Waals surface area contributed by atoms with E-state index in [1.54, 1.807) is 43.7 Å². The first-order valence-corrected chi connectivity index (χ1v) is 11.3. The number of hydrogen-bond donors (Lipinski definition) is 1. The maximum atomic E-state index is 13.3. The van der Waals surface area contributed by atoms with Crippen LogP contribution in [-0.4, -0.2) is 49.1 Å². The summed E-state index contributed by atoms with van der Waals surface area (Å²) >= 11 is 0. The van der Waals surface area contributed by atoms with Crippen molar-refractivity contribution in [3.8, 4) is 11.4 Å². The molecule has 0 fully saturated rings. The molecule has 1 amide bonds. The van der Waals surface area contributed by atoms with E-state index in [0.29, 0.717) is 34.9 Å². The molecule has 0 unspecified atom stereocenters. The molecule has 32 heavy (non-hydrogen) atoms. The maximum Gasteiger partial charge on any atom is 0.259 e. The standard InChI is InChI=1S/C22H25FN4O4S/c1-6-31-19-12-9-17(13-20(19)32(29,30)26(4)5)24-22(28)21-14(2)25-27(15(21)3)18-10-7-16(23)8-11-18/h7-13H,6H2,1-5H3,(H,24,28). The highest BCUT2D eigenvalue weighted by atomic mass is 32.2. The largest absolute Gasteiger partial charge is 0.492 e. The van der Waals surface area contributed by atoms with Gasteiger partial charge in [0.25, 0.3) is 5.91 Å². The van der Waals surface area contributed by atoms with Crippen LogP contribution in [-0.2, 0) is 10.0 Å². The summed E-state index contributed by atoms with van der Waals surface area (Å²) in [6.45, 7) is 5.48. The van der Waals surface area contributed by atoms with Gasteiger partial charge >= 0.3 is 0 Å². The monoisotopic (exact) mass is 460 g/mol. The fraction of sp³-hybridized carbons (Fsp3) is 0.273. The van der Waals surface area contributed by atoms with E-state index in [9.17, 15) is 17.6 Å². The summed E-state index contributed by atoms with van der Waals surface area (Å²) in [5.74, 6) is -0.603. The second kappa shape index (κ2) is 9.09. The van der Waals surface area contributed by atoms with E-state index in [1.165, 1.54) is 38.4 Å². The highest BCUT2D eigenvalue weighted by Crippen LogP contribution is 2.30. The Morgan fingerprint density at radius 2 is 1.81 bits per heavy atom. The smallest absolute Gasteiger partial charge is 0.259 e. The van der Waals surface area contributed by atoms with Crippen molar-refractivity contribution in [3.05, 3.63) is 65.2 Å². The summed E-state index contributed by atoms with van der Waals surface area (Å²) in [5, 5.41) is 7.15. The van der Waals surface area contributed by atoms with Crippen LogP contribution in [0, 0.1) is 19.7 Å². The predicted molar refractivity (Wildman–Crippen MR) is 119 cm³/mol. The van der Waals surface area contributed by atoms with Crippen molar-refractivity contribution in [1.29, 1.82) is 0 Å². The van der Waals surface area contributed by atoms with Gasteiger partial charge in [-0.05, 0) is 63.2 Å². The Balaban J connectivity index is 1.96. The van der Waals surface area contributed by atoms with Gasteiger partial charge in [-0.15, -0.1) is 0 Å². The second-order valence-corrected chi connectivity index (χ2v) is 9.39. The van der Waals surface area contributed by atoms with Gasteiger partial charge in [0.15, 0.2) is 0 Å². The number of benzene rings is 2. The summed E-state index contributed by atoms with van der Waals surface area (Å²) in [7, 11) is -0.948. The molecule has 0 aliphatic rings. The van der Waals surface area contributed by atoms with Crippen molar-refractivity contribution in [1.82, 2.24) is 14.1 Å². The van der Waals surface area contributed by atoms with Crippen LogP contribution < -0.4 is 10.1 Å². The SMILES string of the molecule is CCOc1ccc(NC(=O)c2c(C)nn(-c3ccc(F)cc3)c2C)cc1S(=O)(=O)N(C)C. The van der Waals surface area contributed by atoms with E-state index >= 15 is 0 Å². The lowest BCUT2D eigenvalue weighted by atomic mass is 10.1. The summed E-state index contributed by atoms with van der Waals surface area (Å²) in [6.07, 6.45) is 0. The molecule has 170 valence electrons. The summed E-state index contributed by atoms with van der Waals surface area (Å²) in [5.41, 5.74) is 2.31. The van der Waals surface area contributed by atoms with Gasteiger partial charge in [0.05, 0.1) is 29.2 Å². The van der Waals surface area contributed by atoms with Gasteiger partial charge in [-0.2, -0.15) is 5.10 Å². The Morgan fingerprint density at radius 1 is 1.16 bits per heavy atom. The van der Waals surface area contributed by atoms with Crippen molar-refractivity contribution in [3.63, 3.8) is 0 Å². The number of hydrogen-bond acceptors (Lipinski definition) is 5. The second-order valence-electron chi connectivity index (χ2n) is 7.27. The van der Waals surface area contributed by atoms with Gasteiger partial charge in [0.1, 0.15) is 16.5 Å². The number of anilines is 1. The normalized spacial score (nSPS) is 11.6. The number of sulfonamides is 1. The molecule has 0 aliphatic carbocycles. The third-order valence-corrected chi connectivity index (χ3v) is 6.69. The Kier molecular flexibility index (Phi) is 6.65. The van der Waals surface area contributed by atoms with E-state index in [2.05, 4.69) is 10.4 Å². The molecule has 1 aromatic heterocycles. The van der Waals surface area contributed by atoms with Crippen LogP contribution in [0.15, 0.2) is 47.4 Å². The van der Waals surface area contributed by atoms with Crippen LogP contribution in [0.4, 0.5) is 10.1 Å². The fourth-order valence-electron chi connectivity index (χ4n) is 3.26. The van der Waals surface area contributed by atoms with Crippen LogP contribution in [0.3, 0.4) is 0 Å². The van der Waals surface area contributed by atoms with Crippen LogP contribution >= 0.6 is 0 Å². The molecule has 0 atom stereocenters. The molecule has 3 rings (SSSR count). The first-order chi connectivity index (χ1) is 15.1. The van der Waals surface area contributed by atoms with Crippen molar-refractivity contribution < 1.29 is 22.3 Å². The number of nitrogens with zero attached hydrogens (tertiary/aromatic N) is 3. The Bertz CT molecular complexity index is 1250. The van der Waals surface area contributed by atoms with Crippen LogP contribution in [0.5, 0.6) is 5.75 Å². The highest BCUT2D eigenvalue weighted by Gasteiger charge is 2.24. The minimum absolute atomic E-state index is 0.0439. The van der Waals surface area contributed by atoms with Gasteiger partial charge in [-0.1, -0.05) is 0 Å². The van der Waals surface area contributed by atoms with Gasteiger partial charge < -0.3 is 10.1 Å². The Hall–Kier alpha value is -3.24. The van der Waals surface area contributed by atoms with Crippen LogP contribution in [0.2, 0.25) is 0 Å². The molecular formula is C22H25FN4O4S. The maximum absolute atomic E-state index is 13.3. The molecule has 0 radical (unpaired) electrons. The van der Waals surface area contributed by atoms with Crippen molar-refractivity contribution >= 4 is 21.6 Å². The van der Waals surface area contributed by atoms with E-state index in [0.717, 1.165) is 4.31 Å². The molecule has 3 aromatic rings. The molecule has 0 saturated heterocycles. The zero-order valence-corrected chi connectivity index (χ0v) is 19.3. The van der Waals surface area contributed by atoms with E-state index in [4.69, 9.17) is 4.74 Å². The number of rotatable bonds is 7. The minimum Gasteiger partial charge on any atom is -0.492 e. The molecule has 0 aliphatic heterocycles. The van der Waals surface area contributed by atoms with Crippen LogP contribution in [0.25, 0.3) is 5.69 Å². The summed E-state index contributed by atoms with van der Waals surface area (Å²) < 4.78 is 46.8. The summed E-state index contributed by atoms with van der Waals surface area (Å²) in [6, 6.07) is 10.2. The lowest BCUT2D eigenvalue weighted by molar-refractivity contribution is 0.102. The van der Waals surface area contributed by atoms with E-state index in [1.807, 2.05) is 0 Å². The highest BCUT2D eigenvalue weighted by molar-refractivity contribution is 7.89. The lowest BCUT2D eigenvalue weighted by Gasteiger charge is -2.16. The number of nitrogens with one attached hydrogen (secondary N) is 1. The van der Waals surface area contributed by atoms with Gasteiger partial charge in [0, 0.05) is 19.8 Å². The number of carbonyl (C=O) groups is 1. The molecule has 8 nitrogen and oxygen atoms in total. The number of aromatic nitrogens is 2. The molecule has 0 saturated carbocycles. The third kappa shape index (κ3) is 4.51. The first-order valence-electron chi connectivity index (χ1n) is 9.89. The fourth-order valence-corrected chi connectivity index (χ4v) is 4.31. The Morgan fingerprint density at radius 3 is 2.41 bits per heavy atom. The molecular weight excluding hydrogens is 435 g/mol. The molecule has 1 heterocycles. The average molecular weight is 461 g/mol.